The number of hydrogen-bond acceptors (Lipinski definition) is 5. The third-order valence-corrected chi connectivity index (χ3v) is 2.84. The van der Waals surface area contributed by atoms with Crippen LogP contribution in [0.4, 0.5) is 11.5 Å². The molecule has 1 aromatic rings. The van der Waals surface area contributed by atoms with Crippen LogP contribution < -0.4 is 5.32 Å². The number of nitrogens with one attached hydrogen (secondary N) is 1. The Hall–Kier alpha value is -1.69. The first-order valence-electron chi connectivity index (χ1n) is 5.16. The van der Waals surface area contributed by atoms with Gasteiger partial charge in [-0.3, -0.25) is 0 Å². The first-order chi connectivity index (χ1) is 7.59. The molecule has 1 aliphatic carbocycles. The lowest BCUT2D eigenvalue weighted by molar-refractivity contribution is -0.389. The Kier molecular flexibility index (Phi) is 2.74. The van der Waals surface area contributed by atoms with E-state index in [1.165, 1.54) is 12.3 Å². The van der Waals surface area contributed by atoms with E-state index in [2.05, 4.69) is 10.3 Å². The number of nitrogens with zero attached hydrogens (tertiary/aromatic N) is 2. The van der Waals surface area contributed by atoms with E-state index in [1.807, 2.05) is 0 Å². The zero-order chi connectivity index (χ0) is 11.6. The summed E-state index contributed by atoms with van der Waals surface area (Å²) in [6.07, 6.45) is 4.07. The fraction of sp³-hybridized carbons (Fsp3) is 0.500. The Morgan fingerprint density at radius 1 is 1.56 bits per heavy atom. The number of aromatic nitrogens is 1. The lowest BCUT2D eigenvalue weighted by atomic mass is 9.80. The van der Waals surface area contributed by atoms with Crippen LogP contribution in [0, 0.1) is 10.1 Å². The third kappa shape index (κ3) is 2.27. The smallest absolute Gasteiger partial charge is 0.363 e. The second kappa shape index (κ2) is 4.05. The van der Waals surface area contributed by atoms with E-state index in [1.54, 1.807) is 6.07 Å². The van der Waals surface area contributed by atoms with E-state index in [9.17, 15) is 15.2 Å². The average molecular weight is 223 g/mol. The Morgan fingerprint density at radius 2 is 2.31 bits per heavy atom. The van der Waals surface area contributed by atoms with Gasteiger partial charge in [0.15, 0.2) is 6.20 Å². The SMILES string of the molecule is O=[N+]([O-])c1ccc(NCC2(O)CCC2)cn1. The minimum absolute atomic E-state index is 0.173. The predicted molar refractivity (Wildman–Crippen MR) is 58.2 cm³/mol. The van der Waals surface area contributed by atoms with E-state index >= 15 is 0 Å². The summed E-state index contributed by atoms with van der Waals surface area (Å²) in [6.45, 7) is 0.465. The molecule has 0 atom stereocenters. The normalized spacial score (nSPS) is 17.6. The quantitative estimate of drug-likeness (QED) is 0.593. The van der Waals surface area contributed by atoms with Crippen molar-refractivity contribution >= 4 is 11.5 Å². The molecule has 2 rings (SSSR count). The third-order valence-electron chi connectivity index (χ3n) is 2.84. The zero-order valence-electron chi connectivity index (χ0n) is 8.72. The van der Waals surface area contributed by atoms with Crippen molar-refractivity contribution in [3.8, 4) is 0 Å². The molecular formula is C10H13N3O3. The molecule has 0 aliphatic heterocycles. The van der Waals surface area contributed by atoms with E-state index in [0.29, 0.717) is 12.2 Å². The van der Waals surface area contributed by atoms with Gasteiger partial charge in [0.05, 0.1) is 11.3 Å². The summed E-state index contributed by atoms with van der Waals surface area (Å²) in [6, 6.07) is 2.93. The standard InChI is InChI=1S/C10H13N3O3/c14-10(4-1-5-10)7-12-8-2-3-9(11-6-8)13(15)16/h2-3,6,12,14H,1,4-5,7H2. The molecule has 1 aliphatic rings. The van der Waals surface area contributed by atoms with Crippen molar-refractivity contribution in [2.24, 2.45) is 0 Å². The summed E-state index contributed by atoms with van der Waals surface area (Å²) in [5, 5.41) is 23.2. The molecule has 0 unspecified atom stereocenters. The summed E-state index contributed by atoms with van der Waals surface area (Å²) in [7, 11) is 0. The zero-order valence-corrected chi connectivity index (χ0v) is 8.72. The summed E-state index contributed by atoms with van der Waals surface area (Å²) in [5.41, 5.74) is 0.0767. The number of rotatable bonds is 4. The molecule has 1 saturated carbocycles. The van der Waals surface area contributed by atoms with Crippen molar-refractivity contribution in [3.05, 3.63) is 28.4 Å². The molecule has 0 aromatic carbocycles. The van der Waals surface area contributed by atoms with Crippen molar-refractivity contribution in [2.75, 3.05) is 11.9 Å². The number of hydrogen-bond donors (Lipinski definition) is 2. The molecule has 0 radical (unpaired) electrons. The minimum atomic E-state index is -0.609. The summed E-state index contributed by atoms with van der Waals surface area (Å²) < 4.78 is 0. The fourth-order valence-electron chi connectivity index (χ4n) is 1.63. The van der Waals surface area contributed by atoms with Crippen LogP contribution in [0.5, 0.6) is 0 Å². The van der Waals surface area contributed by atoms with Crippen LogP contribution in [-0.2, 0) is 0 Å². The average Bonchev–Trinajstić information content (AvgIpc) is 2.24. The highest BCUT2D eigenvalue weighted by atomic mass is 16.6. The Bertz CT molecular complexity index is 387. The number of anilines is 1. The van der Waals surface area contributed by atoms with Gasteiger partial charge in [0.1, 0.15) is 0 Å². The van der Waals surface area contributed by atoms with E-state index in [4.69, 9.17) is 0 Å². The first kappa shape index (κ1) is 10.8. The topological polar surface area (TPSA) is 88.3 Å². The molecule has 6 nitrogen and oxygen atoms in total. The highest BCUT2D eigenvalue weighted by molar-refractivity contribution is 5.43. The van der Waals surface area contributed by atoms with E-state index in [0.717, 1.165) is 19.3 Å². The van der Waals surface area contributed by atoms with Crippen LogP contribution in [0.15, 0.2) is 18.3 Å². The fourth-order valence-corrected chi connectivity index (χ4v) is 1.63. The molecule has 1 heterocycles. The van der Waals surface area contributed by atoms with E-state index < -0.39 is 10.5 Å². The molecule has 86 valence electrons. The highest BCUT2D eigenvalue weighted by Gasteiger charge is 2.33. The van der Waals surface area contributed by atoms with Crippen LogP contribution in [0.2, 0.25) is 0 Å². The monoisotopic (exact) mass is 223 g/mol. The molecule has 0 saturated heterocycles. The van der Waals surface area contributed by atoms with Gasteiger partial charge in [-0.2, -0.15) is 0 Å². The highest BCUT2D eigenvalue weighted by Crippen LogP contribution is 2.31. The molecule has 6 heteroatoms. The van der Waals surface area contributed by atoms with Gasteiger partial charge in [-0.15, -0.1) is 0 Å². The van der Waals surface area contributed by atoms with Gasteiger partial charge in [0, 0.05) is 12.6 Å². The molecule has 2 N–H and O–H groups in total. The van der Waals surface area contributed by atoms with Gasteiger partial charge >= 0.3 is 5.82 Å². The Morgan fingerprint density at radius 3 is 2.75 bits per heavy atom. The predicted octanol–water partition coefficient (Wildman–Crippen LogP) is 1.32. The number of aliphatic hydroxyl groups is 1. The molecular weight excluding hydrogens is 210 g/mol. The Labute approximate surface area is 92.5 Å². The van der Waals surface area contributed by atoms with Crippen molar-refractivity contribution < 1.29 is 10.0 Å². The van der Waals surface area contributed by atoms with Gasteiger partial charge in [-0.1, -0.05) is 0 Å². The maximum absolute atomic E-state index is 10.4. The number of nitro groups is 1. The second-order valence-electron chi connectivity index (χ2n) is 4.09. The lowest BCUT2D eigenvalue weighted by Gasteiger charge is -2.36. The largest absolute Gasteiger partial charge is 0.388 e. The van der Waals surface area contributed by atoms with Gasteiger partial charge in [0.2, 0.25) is 0 Å². The summed E-state index contributed by atoms with van der Waals surface area (Å²) in [5.74, 6) is -0.173. The first-order valence-corrected chi connectivity index (χ1v) is 5.16. The van der Waals surface area contributed by atoms with Crippen molar-refractivity contribution in [2.45, 2.75) is 24.9 Å². The molecule has 0 bridgehead atoms. The maximum atomic E-state index is 10.4. The van der Waals surface area contributed by atoms with Gasteiger partial charge in [0.25, 0.3) is 0 Å². The molecule has 0 spiro atoms. The maximum Gasteiger partial charge on any atom is 0.363 e. The lowest BCUT2D eigenvalue weighted by Crippen LogP contribution is -2.43. The molecule has 1 fully saturated rings. The number of pyridine rings is 1. The van der Waals surface area contributed by atoms with Crippen molar-refractivity contribution in [1.29, 1.82) is 0 Å². The van der Waals surface area contributed by atoms with Crippen LogP contribution in [0.1, 0.15) is 19.3 Å². The van der Waals surface area contributed by atoms with Gasteiger partial charge < -0.3 is 20.5 Å². The van der Waals surface area contributed by atoms with Crippen LogP contribution in [0.25, 0.3) is 0 Å². The minimum Gasteiger partial charge on any atom is -0.388 e. The van der Waals surface area contributed by atoms with E-state index in [-0.39, 0.29) is 5.82 Å². The molecule has 16 heavy (non-hydrogen) atoms. The molecule has 0 amide bonds. The summed E-state index contributed by atoms with van der Waals surface area (Å²) >= 11 is 0. The van der Waals surface area contributed by atoms with Crippen molar-refractivity contribution in [3.63, 3.8) is 0 Å². The molecule has 1 aromatic heterocycles. The Balaban J connectivity index is 1.92. The van der Waals surface area contributed by atoms with Crippen LogP contribution in [0.3, 0.4) is 0 Å². The van der Waals surface area contributed by atoms with Crippen molar-refractivity contribution in [1.82, 2.24) is 4.98 Å². The second-order valence-corrected chi connectivity index (χ2v) is 4.09. The van der Waals surface area contributed by atoms with Crippen LogP contribution >= 0.6 is 0 Å². The van der Waals surface area contributed by atoms with Gasteiger partial charge in [-0.05, 0) is 35.2 Å². The van der Waals surface area contributed by atoms with Crippen LogP contribution in [-0.4, -0.2) is 27.2 Å². The summed E-state index contributed by atoms with van der Waals surface area (Å²) in [4.78, 5) is 13.5. The van der Waals surface area contributed by atoms with Gasteiger partial charge in [-0.25, -0.2) is 0 Å².